The summed E-state index contributed by atoms with van der Waals surface area (Å²) in [6, 6.07) is 7.68. The first-order valence-electron chi connectivity index (χ1n) is 4.70. The Bertz CT molecular complexity index is 432. The predicted molar refractivity (Wildman–Crippen MR) is 55.3 cm³/mol. The van der Waals surface area contributed by atoms with E-state index in [0.29, 0.717) is 6.54 Å². The van der Waals surface area contributed by atoms with Crippen LogP contribution in [0.3, 0.4) is 0 Å². The van der Waals surface area contributed by atoms with Gasteiger partial charge in [-0.3, -0.25) is 0 Å². The molecule has 4 nitrogen and oxygen atoms in total. The number of rotatable bonds is 2. The molecule has 0 spiro atoms. The van der Waals surface area contributed by atoms with E-state index in [9.17, 15) is 5.11 Å². The number of hydrogen-bond acceptors (Lipinski definition) is 3. The molecule has 0 bridgehead atoms. The van der Waals surface area contributed by atoms with Gasteiger partial charge in [0, 0.05) is 12.5 Å². The van der Waals surface area contributed by atoms with Crippen LogP contribution >= 0.6 is 0 Å². The third-order valence-electron chi connectivity index (χ3n) is 2.41. The van der Waals surface area contributed by atoms with Crippen LogP contribution in [-0.4, -0.2) is 29.9 Å². The molecular formula is C11H12N2O2. The standard InChI is InChI=1S/C11H12N2O2/c1-8(13-7-11(14)12-13)9-3-5-10(15-2)6-4-9/h3-6H,7H2,1-2H3/b13-8+. The van der Waals surface area contributed by atoms with Gasteiger partial charge in [-0.05, 0) is 29.4 Å². The van der Waals surface area contributed by atoms with E-state index in [-0.39, 0.29) is 5.90 Å². The Balaban J connectivity index is 2.27. The van der Waals surface area contributed by atoms with Crippen molar-refractivity contribution in [1.82, 2.24) is 0 Å². The monoisotopic (exact) mass is 204 g/mol. The minimum absolute atomic E-state index is 0.0668. The number of ether oxygens (including phenoxy) is 1. The summed E-state index contributed by atoms with van der Waals surface area (Å²) in [6.07, 6.45) is 0. The van der Waals surface area contributed by atoms with Gasteiger partial charge >= 0.3 is 0 Å². The molecule has 0 fully saturated rings. The fraction of sp³-hybridized carbons (Fsp3) is 0.273. The molecule has 4 heteroatoms. The molecule has 1 aliphatic heterocycles. The summed E-state index contributed by atoms with van der Waals surface area (Å²) < 4.78 is 6.76. The van der Waals surface area contributed by atoms with Crippen LogP contribution in [0.5, 0.6) is 5.75 Å². The van der Waals surface area contributed by atoms with Gasteiger partial charge in [-0.25, -0.2) is 0 Å². The molecule has 1 aromatic rings. The van der Waals surface area contributed by atoms with E-state index in [4.69, 9.17) is 4.74 Å². The minimum atomic E-state index is -0.0668. The van der Waals surface area contributed by atoms with E-state index in [0.717, 1.165) is 17.0 Å². The summed E-state index contributed by atoms with van der Waals surface area (Å²) in [7, 11) is 1.63. The van der Waals surface area contributed by atoms with Crippen LogP contribution in [0.2, 0.25) is 0 Å². The summed E-state index contributed by atoms with van der Waals surface area (Å²) in [4.78, 5) is 0. The molecule has 1 aromatic carbocycles. The summed E-state index contributed by atoms with van der Waals surface area (Å²) in [5.41, 5.74) is 2.03. The first kappa shape index (κ1) is 9.71. The molecule has 2 rings (SSSR count). The molecule has 0 N–H and O–H groups in total. The molecule has 0 saturated carbocycles. The smallest absolute Gasteiger partial charge is 0.212 e. The van der Waals surface area contributed by atoms with Crippen molar-refractivity contribution in [2.75, 3.05) is 13.7 Å². The maximum absolute atomic E-state index is 10.7. The van der Waals surface area contributed by atoms with Crippen molar-refractivity contribution in [1.29, 1.82) is 0 Å². The fourth-order valence-corrected chi connectivity index (χ4v) is 1.43. The number of hydrazone groups is 1. The van der Waals surface area contributed by atoms with Gasteiger partial charge in [0.2, 0.25) is 12.3 Å². The van der Waals surface area contributed by atoms with E-state index in [1.807, 2.05) is 31.2 Å². The predicted octanol–water partition coefficient (Wildman–Crippen LogP) is 0.204. The molecule has 0 aliphatic carbocycles. The van der Waals surface area contributed by atoms with Gasteiger partial charge in [0.15, 0.2) is 0 Å². The van der Waals surface area contributed by atoms with Crippen LogP contribution in [-0.2, 0) is 0 Å². The van der Waals surface area contributed by atoms with Gasteiger partial charge in [-0.15, -0.1) is 0 Å². The molecule has 78 valence electrons. The second-order valence-electron chi connectivity index (χ2n) is 3.37. The zero-order chi connectivity index (χ0) is 10.8. The van der Waals surface area contributed by atoms with Crippen molar-refractivity contribution in [2.24, 2.45) is 5.10 Å². The number of nitrogens with zero attached hydrogens (tertiary/aromatic N) is 2. The Kier molecular flexibility index (Phi) is 2.41. The normalized spacial score (nSPS) is 17.9. The summed E-state index contributed by atoms with van der Waals surface area (Å²) in [6.45, 7) is 2.33. The molecule has 1 heterocycles. The van der Waals surface area contributed by atoms with Crippen LogP contribution < -0.4 is 9.84 Å². The molecule has 0 amide bonds. The summed E-state index contributed by atoms with van der Waals surface area (Å²) >= 11 is 0. The molecule has 0 aromatic heterocycles. The number of benzene rings is 1. The van der Waals surface area contributed by atoms with E-state index < -0.39 is 0 Å². The highest BCUT2D eigenvalue weighted by atomic mass is 16.5. The van der Waals surface area contributed by atoms with Gasteiger partial charge < -0.3 is 9.84 Å². The fourth-order valence-electron chi connectivity index (χ4n) is 1.43. The van der Waals surface area contributed by atoms with Crippen LogP contribution in [0.4, 0.5) is 0 Å². The second kappa shape index (κ2) is 3.73. The molecular weight excluding hydrogens is 192 g/mol. The SMILES string of the molecule is COc1ccc(/C(C)=[N+]2\CC([O-])=N2)cc1. The second-order valence-corrected chi connectivity index (χ2v) is 3.37. The first-order chi connectivity index (χ1) is 7.20. The highest BCUT2D eigenvalue weighted by Gasteiger charge is 2.19. The van der Waals surface area contributed by atoms with E-state index >= 15 is 0 Å². The molecule has 0 saturated heterocycles. The Hall–Kier alpha value is -1.84. The molecule has 0 unspecified atom stereocenters. The van der Waals surface area contributed by atoms with Crippen LogP contribution in [0.1, 0.15) is 12.5 Å². The Morgan fingerprint density at radius 3 is 2.47 bits per heavy atom. The lowest BCUT2D eigenvalue weighted by atomic mass is 10.1. The van der Waals surface area contributed by atoms with Crippen molar-refractivity contribution in [3.63, 3.8) is 0 Å². The van der Waals surface area contributed by atoms with Crippen LogP contribution in [0.15, 0.2) is 29.4 Å². The average molecular weight is 204 g/mol. The lowest BCUT2D eigenvalue weighted by molar-refractivity contribution is -0.563. The Labute approximate surface area is 88.1 Å². The molecule has 15 heavy (non-hydrogen) atoms. The minimum Gasteiger partial charge on any atom is -0.853 e. The van der Waals surface area contributed by atoms with Gasteiger partial charge in [0.1, 0.15) is 11.6 Å². The molecule has 0 atom stereocenters. The number of methoxy groups -OCH3 is 1. The third-order valence-corrected chi connectivity index (χ3v) is 2.41. The first-order valence-corrected chi connectivity index (χ1v) is 4.70. The average Bonchev–Trinajstić information content (AvgIpc) is 2.24. The van der Waals surface area contributed by atoms with Gasteiger partial charge in [0.05, 0.1) is 7.11 Å². The topological polar surface area (TPSA) is 47.7 Å². The Morgan fingerprint density at radius 1 is 1.40 bits per heavy atom. The van der Waals surface area contributed by atoms with Gasteiger partial charge in [0.25, 0.3) is 0 Å². The van der Waals surface area contributed by atoms with Crippen molar-refractivity contribution in [3.8, 4) is 5.75 Å². The lowest BCUT2D eigenvalue weighted by Gasteiger charge is -2.14. The Morgan fingerprint density at radius 2 is 2.00 bits per heavy atom. The van der Waals surface area contributed by atoms with E-state index in [1.54, 1.807) is 11.8 Å². The third kappa shape index (κ3) is 1.83. The van der Waals surface area contributed by atoms with Crippen molar-refractivity contribution < 1.29 is 14.5 Å². The maximum atomic E-state index is 10.7. The highest BCUT2D eigenvalue weighted by molar-refractivity contribution is 5.96. The zero-order valence-electron chi connectivity index (χ0n) is 8.73. The van der Waals surface area contributed by atoms with Crippen LogP contribution in [0, 0.1) is 0 Å². The summed E-state index contributed by atoms with van der Waals surface area (Å²) in [5.74, 6) is 0.756. The number of hydrogen-bond donors (Lipinski definition) is 0. The van der Waals surface area contributed by atoms with E-state index in [1.165, 1.54) is 0 Å². The highest BCUT2D eigenvalue weighted by Crippen LogP contribution is 2.12. The van der Waals surface area contributed by atoms with Crippen molar-refractivity contribution >= 4 is 11.6 Å². The van der Waals surface area contributed by atoms with Gasteiger partial charge in [-0.2, -0.15) is 0 Å². The largest absolute Gasteiger partial charge is 0.853 e. The van der Waals surface area contributed by atoms with Crippen LogP contribution in [0.25, 0.3) is 0 Å². The van der Waals surface area contributed by atoms with Gasteiger partial charge in [-0.1, -0.05) is 4.68 Å². The molecule has 1 aliphatic rings. The van der Waals surface area contributed by atoms with Crippen molar-refractivity contribution in [3.05, 3.63) is 29.8 Å². The van der Waals surface area contributed by atoms with E-state index in [2.05, 4.69) is 5.10 Å². The zero-order valence-corrected chi connectivity index (χ0v) is 8.73. The maximum Gasteiger partial charge on any atom is 0.212 e. The quantitative estimate of drug-likeness (QED) is 0.646. The van der Waals surface area contributed by atoms with Crippen molar-refractivity contribution in [2.45, 2.75) is 6.92 Å². The lowest BCUT2D eigenvalue weighted by Crippen LogP contribution is -2.40. The molecule has 0 radical (unpaired) electrons. The summed E-state index contributed by atoms with van der Waals surface area (Å²) in [5, 5.41) is 14.5.